The van der Waals surface area contributed by atoms with Gasteiger partial charge in [-0.05, 0) is 36.8 Å². The van der Waals surface area contributed by atoms with Crippen LogP contribution in [0.1, 0.15) is 43.7 Å². The molecule has 0 fully saturated rings. The number of aryl methyl sites for hydroxylation is 1. The van der Waals surface area contributed by atoms with Crippen LogP contribution in [0.25, 0.3) is 0 Å². The van der Waals surface area contributed by atoms with Crippen molar-refractivity contribution in [2.75, 3.05) is 13.1 Å². The summed E-state index contributed by atoms with van der Waals surface area (Å²) in [7, 11) is 0. The van der Waals surface area contributed by atoms with E-state index in [1.165, 1.54) is 0 Å². The van der Waals surface area contributed by atoms with Gasteiger partial charge in [0.25, 0.3) is 0 Å². The Bertz CT molecular complexity index is 802. The van der Waals surface area contributed by atoms with Gasteiger partial charge in [-0.1, -0.05) is 37.3 Å². The number of halogens is 3. The quantitative estimate of drug-likeness (QED) is 0.393. The third-order valence-corrected chi connectivity index (χ3v) is 5.03. The molecule has 0 aliphatic heterocycles. The molecule has 0 aromatic heterocycles. The largest absolute Gasteiger partial charge is 0.390 e. The van der Waals surface area contributed by atoms with Crippen molar-refractivity contribution in [1.29, 1.82) is 10.8 Å². The second kappa shape index (κ2) is 10.4. The zero-order valence-corrected chi connectivity index (χ0v) is 17.0. The molecule has 9 heteroatoms. The maximum atomic E-state index is 12.8. The molecule has 1 aliphatic rings. The fourth-order valence-electron chi connectivity index (χ4n) is 3.11. The molecule has 1 atom stereocenters. The first kappa shape index (κ1) is 23.6. The lowest BCUT2D eigenvalue weighted by molar-refractivity contribution is -0.135. The van der Waals surface area contributed by atoms with Gasteiger partial charge in [0.1, 0.15) is 5.84 Å². The molecule has 0 spiro atoms. The highest BCUT2D eigenvalue weighted by molar-refractivity contribution is 6.07. The van der Waals surface area contributed by atoms with E-state index in [-0.39, 0.29) is 24.1 Å². The predicted octanol–water partition coefficient (Wildman–Crippen LogP) is 4.00. The lowest BCUT2D eigenvalue weighted by Gasteiger charge is -2.25. The molecule has 0 bridgehead atoms. The van der Waals surface area contributed by atoms with Gasteiger partial charge in [0.15, 0.2) is 0 Å². The van der Waals surface area contributed by atoms with E-state index in [0.717, 1.165) is 28.9 Å². The zero-order valence-electron chi connectivity index (χ0n) is 17.0. The second-order valence-electron chi connectivity index (χ2n) is 7.32. The van der Waals surface area contributed by atoms with Crippen LogP contribution in [0, 0.1) is 10.8 Å². The number of nitrogens with one attached hydrogen (secondary N) is 3. The summed E-state index contributed by atoms with van der Waals surface area (Å²) in [6, 6.07) is 6.02. The van der Waals surface area contributed by atoms with E-state index < -0.39 is 25.2 Å². The van der Waals surface area contributed by atoms with E-state index in [1.807, 2.05) is 13.0 Å². The Balaban J connectivity index is 2.07. The van der Waals surface area contributed by atoms with Gasteiger partial charge >= 0.3 is 12.2 Å². The first-order chi connectivity index (χ1) is 14.1. The SMILES string of the molecule is CCc1ccc(C(=N)N(CCC(F)(F)F)C(=O)NCC(=N)C2=CCC(N)CC2)cc1. The van der Waals surface area contributed by atoms with E-state index in [9.17, 15) is 18.0 Å². The Morgan fingerprint density at radius 2 is 1.93 bits per heavy atom. The number of hydrogen-bond acceptors (Lipinski definition) is 4. The van der Waals surface area contributed by atoms with Gasteiger partial charge in [-0.2, -0.15) is 13.2 Å². The molecule has 5 N–H and O–H groups in total. The van der Waals surface area contributed by atoms with Crippen molar-refractivity contribution in [3.05, 3.63) is 47.0 Å². The van der Waals surface area contributed by atoms with Gasteiger partial charge in [0.2, 0.25) is 0 Å². The van der Waals surface area contributed by atoms with Crippen molar-refractivity contribution in [3.8, 4) is 0 Å². The Kier molecular flexibility index (Phi) is 8.16. The van der Waals surface area contributed by atoms with Crippen LogP contribution >= 0.6 is 0 Å². The second-order valence-corrected chi connectivity index (χ2v) is 7.32. The third kappa shape index (κ3) is 6.98. The van der Waals surface area contributed by atoms with Crippen molar-refractivity contribution >= 4 is 17.6 Å². The molecule has 1 aromatic rings. The smallest absolute Gasteiger partial charge is 0.332 e. The lowest BCUT2D eigenvalue weighted by atomic mass is 9.93. The van der Waals surface area contributed by atoms with Crippen LogP contribution in [0.4, 0.5) is 18.0 Å². The Morgan fingerprint density at radius 1 is 1.27 bits per heavy atom. The third-order valence-electron chi connectivity index (χ3n) is 5.03. The van der Waals surface area contributed by atoms with E-state index in [4.69, 9.17) is 16.6 Å². The lowest BCUT2D eigenvalue weighted by Crippen LogP contribution is -2.46. The van der Waals surface area contributed by atoms with Gasteiger partial charge < -0.3 is 16.5 Å². The van der Waals surface area contributed by atoms with E-state index in [0.29, 0.717) is 18.4 Å². The van der Waals surface area contributed by atoms with Gasteiger partial charge in [-0.3, -0.25) is 10.3 Å². The number of amidine groups is 1. The van der Waals surface area contributed by atoms with Crippen molar-refractivity contribution in [2.24, 2.45) is 5.73 Å². The molecular formula is C21H28F3N5O. The normalized spacial score (nSPS) is 16.6. The predicted molar refractivity (Wildman–Crippen MR) is 111 cm³/mol. The number of carbonyl (C=O) groups is 1. The zero-order chi connectivity index (χ0) is 22.3. The van der Waals surface area contributed by atoms with Gasteiger partial charge in [0, 0.05) is 18.2 Å². The Morgan fingerprint density at radius 3 is 2.47 bits per heavy atom. The number of alkyl halides is 3. The van der Waals surface area contributed by atoms with Gasteiger partial charge in [-0.15, -0.1) is 0 Å². The van der Waals surface area contributed by atoms with Crippen LogP contribution in [0.3, 0.4) is 0 Å². The molecule has 6 nitrogen and oxygen atoms in total. The van der Waals surface area contributed by atoms with Crippen molar-refractivity contribution in [2.45, 2.75) is 51.2 Å². The van der Waals surface area contributed by atoms with Crippen LogP contribution in [0.2, 0.25) is 0 Å². The van der Waals surface area contributed by atoms with E-state index >= 15 is 0 Å². The number of urea groups is 1. The molecule has 0 saturated heterocycles. The number of nitrogens with zero attached hydrogens (tertiary/aromatic N) is 1. The average Bonchev–Trinajstić information content (AvgIpc) is 2.71. The minimum absolute atomic E-state index is 0.0635. The van der Waals surface area contributed by atoms with Crippen LogP contribution in [0.5, 0.6) is 0 Å². The Hall–Kier alpha value is -2.68. The highest BCUT2D eigenvalue weighted by atomic mass is 19.4. The maximum Gasteiger partial charge on any atom is 0.390 e. The summed E-state index contributed by atoms with van der Waals surface area (Å²) < 4.78 is 38.3. The van der Waals surface area contributed by atoms with Crippen LogP contribution in [-0.4, -0.2) is 47.8 Å². The molecule has 0 radical (unpaired) electrons. The van der Waals surface area contributed by atoms with Gasteiger partial charge in [0.05, 0.1) is 18.7 Å². The summed E-state index contributed by atoms with van der Waals surface area (Å²) in [5, 5.41) is 18.9. The highest BCUT2D eigenvalue weighted by Crippen LogP contribution is 2.21. The number of rotatable bonds is 7. The molecule has 30 heavy (non-hydrogen) atoms. The van der Waals surface area contributed by atoms with Crippen molar-refractivity contribution in [3.63, 3.8) is 0 Å². The number of hydrogen-bond donors (Lipinski definition) is 4. The maximum absolute atomic E-state index is 12.8. The Labute approximate surface area is 174 Å². The standard InChI is InChI=1S/C21H28F3N5O/c1-2-14-3-5-16(6-4-14)19(27)29(12-11-21(22,23)24)20(30)28-13-18(26)15-7-9-17(25)10-8-15/h3-7,17,26-27H,2,8-13,25H2,1H3,(H,28,30). The molecule has 1 aromatic carbocycles. The van der Waals surface area contributed by atoms with Crippen LogP contribution in [0.15, 0.2) is 35.9 Å². The van der Waals surface area contributed by atoms with E-state index in [1.54, 1.807) is 24.3 Å². The summed E-state index contributed by atoms with van der Waals surface area (Å²) in [6.45, 7) is 1.17. The summed E-state index contributed by atoms with van der Waals surface area (Å²) in [6.07, 6.45) is -0.997. The number of amides is 2. The summed E-state index contributed by atoms with van der Waals surface area (Å²) in [4.78, 5) is 13.4. The monoisotopic (exact) mass is 423 g/mol. The molecule has 2 rings (SSSR count). The van der Waals surface area contributed by atoms with Crippen LogP contribution in [-0.2, 0) is 6.42 Å². The number of carbonyl (C=O) groups excluding carboxylic acids is 1. The van der Waals surface area contributed by atoms with E-state index in [2.05, 4.69) is 5.32 Å². The molecule has 164 valence electrons. The van der Waals surface area contributed by atoms with Crippen molar-refractivity contribution in [1.82, 2.24) is 10.2 Å². The minimum Gasteiger partial charge on any atom is -0.332 e. The number of nitrogens with two attached hydrogens (primary N) is 1. The fourth-order valence-corrected chi connectivity index (χ4v) is 3.11. The summed E-state index contributed by atoms with van der Waals surface area (Å²) >= 11 is 0. The summed E-state index contributed by atoms with van der Waals surface area (Å²) in [5.74, 6) is -0.311. The molecule has 1 aliphatic carbocycles. The molecule has 2 amide bonds. The first-order valence-electron chi connectivity index (χ1n) is 9.93. The fraction of sp³-hybridized carbons (Fsp3) is 0.476. The highest BCUT2D eigenvalue weighted by Gasteiger charge is 2.31. The topological polar surface area (TPSA) is 106 Å². The molecule has 0 saturated carbocycles. The first-order valence-corrected chi connectivity index (χ1v) is 9.93. The minimum atomic E-state index is -4.46. The molecule has 1 unspecified atom stereocenters. The summed E-state index contributed by atoms with van der Waals surface area (Å²) in [5.41, 5.74) is 8.18. The average molecular weight is 423 g/mol. The van der Waals surface area contributed by atoms with Gasteiger partial charge in [-0.25, -0.2) is 4.79 Å². The van der Waals surface area contributed by atoms with Crippen molar-refractivity contribution < 1.29 is 18.0 Å². The number of benzene rings is 1. The molecular weight excluding hydrogens is 395 g/mol. The van der Waals surface area contributed by atoms with Crippen LogP contribution < -0.4 is 11.1 Å². The molecule has 0 heterocycles.